The van der Waals surface area contributed by atoms with E-state index in [2.05, 4.69) is 10.6 Å². The average molecular weight is 399 g/mol. The minimum Gasteiger partial charge on any atom is -0.493 e. The molecule has 7 nitrogen and oxygen atoms in total. The van der Waals surface area contributed by atoms with E-state index in [1.165, 1.54) is 32.4 Å². The van der Waals surface area contributed by atoms with E-state index < -0.39 is 15.9 Å². The first-order valence-corrected chi connectivity index (χ1v) is 9.77. The normalized spacial score (nSPS) is 10.9. The molecule has 2 rings (SSSR count). The molecule has 0 saturated heterocycles. The maximum absolute atomic E-state index is 12.1. The molecule has 0 fully saturated rings. The van der Waals surface area contributed by atoms with Crippen molar-refractivity contribution in [3.05, 3.63) is 47.0 Å². The summed E-state index contributed by atoms with van der Waals surface area (Å²) in [5, 5.41) is 5.44. The Balaban J connectivity index is 2.06. The molecule has 0 atom stereocenters. The molecule has 26 heavy (non-hydrogen) atoms. The third kappa shape index (κ3) is 5.03. The Labute approximate surface area is 157 Å². The van der Waals surface area contributed by atoms with Gasteiger partial charge in [0.2, 0.25) is 0 Å². The van der Waals surface area contributed by atoms with Gasteiger partial charge in [0, 0.05) is 12.8 Å². The molecule has 2 N–H and O–H groups in total. The summed E-state index contributed by atoms with van der Waals surface area (Å²) < 4.78 is 33.6. The fourth-order valence-electron chi connectivity index (χ4n) is 2.17. The van der Waals surface area contributed by atoms with Crippen LogP contribution in [0, 0.1) is 0 Å². The fraction of sp³-hybridized carbons (Fsp3) is 0.235. The van der Waals surface area contributed by atoms with Gasteiger partial charge < -0.3 is 20.1 Å². The molecule has 2 aromatic rings. The van der Waals surface area contributed by atoms with Gasteiger partial charge >= 0.3 is 6.03 Å². The summed E-state index contributed by atoms with van der Waals surface area (Å²) in [4.78, 5) is 12.2. The van der Waals surface area contributed by atoms with Crippen molar-refractivity contribution >= 4 is 33.2 Å². The van der Waals surface area contributed by atoms with Crippen molar-refractivity contribution in [2.24, 2.45) is 0 Å². The summed E-state index contributed by atoms with van der Waals surface area (Å²) >= 11 is 6.01. The topological polar surface area (TPSA) is 93.7 Å². The van der Waals surface area contributed by atoms with Crippen molar-refractivity contribution in [2.75, 3.05) is 25.8 Å². The van der Waals surface area contributed by atoms with Gasteiger partial charge in [-0.25, -0.2) is 13.2 Å². The van der Waals surface area contributed by atoms with Crippen molar-refractivity contribution in [3.8, 4) is 11.5 Å². The van der Waals surface area contributed by atoms with Crippen LogP contribution in [0.2, 0.25) is 5.02 Å². The number of carbonyl (C=O) groups excluding carboxylic acids is 1. The number of amides is 2. The Bertz CT molecular complexity index is 915. The van der Waals surface area contributed by atoms with Crippen molar-refractivity contribution in [1.29, 1.82) is 0 Å². The van der Waals surface area contributed by atoms with Crippen LogP contribution in [0.1, 0.15) is 5.56 Å². The van der Waals surface area contributed by atoms with Crippen molar-refractivity contribution < 1.29 is 22.7 Å². The van der Waals surface area contributed by atoms with Gasteiger partial charge in [0.25, 0.3) is 0 Å². The number of hydrogen-bond acceptors (Lipinski definition) is 5. The van der Waals surface area contributed by atoms with Gasteiger partial charge in [-0.2, -0.15) is 0 Å². The average Bonchev–Trinajstić information content (AvgIpc) is 2.60. The second kappa shape index (κ2) is 8.29. The molecule has 0 aromatic heterocycles. The monoisotopic (exact) mass is 398 g/mol. The minimum absolute atomic E-state index is 0.0668. The van der Waals surface area contributed by atoms with Gasteiger partial charge in [-0.05, 0) is 35.9 Å². The van der Waals surface area contributed by atoms with Crippen LogP contribution in [-0.2, 0) is 16.4 Å². The number of ether oxygens (including phenoxy) is 2. The molecular weight excluding hydrogens is 380 g/mol. The lowest BCUT2D eigenvalue weighted by Gasteiger charge is -2.12. The highest BCUT2D eigenvalue weighted by molar-refractivity contribution is 7.90. The number of methoxy groups -OCH3 is 2. The molecule has 2 amide bonds. The summed E-state index contributed by atoms with van der Waals surface area (Å²) in [6, 6.07) is 8.86. The van der Waals surface area contributed by atoms with Gasteiger partial charge in [0.15, 0.2) is 21.3 Å². The van der Waals surface area contributed by atoms with E-state index in [0.717, 1.165) is 11.8 Å². The van der Waals surface area contributed by atoms with Crippen LogP contribution in [0.4, 0.5) is 10.5 Å². The number of benzene rings is 2. The summed E-state index contributed by atoms with van der Waals surface area (Å²) in [6.45, 7) is 0.232. The van der Waals surface area contributed by atoms with Gasteiger partial charge in [-0.15, -0.1) is 0 Å². The lowest BCUT2D eigenvalue weighted by atomic mass is 10.2. The van der Waals surface area contributed by atoms with E-state index in [9.17, 15) is 13.2 Å². The molecule has 140 valence electrons. The molecule has 0 aliphatic carbocycles. The van der Waals surface area contributed by atoms with E-state index in [1.54, 1.807) is 18.2 Å². The third-order valence-corrected chi connectivity index (χ3v) is 4.96. The highest BCUT2D eigenvalue weighted by atomic mass is 35.5. The standard InChI is InChI=1S/C17H19ClN2O5S/c1-24-15-7-4-11(8-16(15)25-2)10-19-17(21)20-14-9-12(26(3,22)23)5-6-13(14)18/h4-9H,10H2,1-3H3,(H2,19,20,21). The number of sulfone groups is 1. The maximum atomic E-state index is 12.1. The van der Waals surface area contributed by atoms with Gasteiger partial charge in [-0.3, -0.25) is 0 Å². The van der Waals surface area contributed by atoms with Crippen LogP contribution < -0.4 is 20.1 Å². The second-order valence-electron chi connectivity index (χ2n) is 5.41. The van der Waals surface area contributed by atoms with E-state index in [-0.39, 0.29) is 22.2 Å². The van der Waals surface area contributed by atoms with Gasteiger partial charge in [0.05, 0.1) is 29.8 Å². The number of nitrogens with one attached hydrogen (secondary N) is 2. The van der Waals surface area contributed by atoms with Crippen LogP contribution in [0.15, 0.2) is 41.3 Å². The zero-order valence-corrected chi connectivity index (χ0v) is 16.1. The van der Waals surface area contributed by atoms with Crippen molar-refractivity contribution in [2.45, 2.75) is 11.4 Å². The number of carbonyl (C=O) groups is 1. The first-order valence-electron chi connectivity index (χ1n) is 7.50. The summed E-state index contributed by atoms with van der Waals surface area (Å²) in [6.07, 6.45) is 1.08. The largest absolute Gasteiger partial charge is 0.493 e. The van der Waals surface area contributed by atoms with Gasteiger partial charge in [-0.1, -0.05) is 17.7 Å². The Morgan fingerprint density at radius 1 is 1.08 bits per heavy atom. The van der Waals surface area contributed by atoms with Crippen LogP contribution in [0.5, 0.6) is 11.5 Å². The fourth-order valence-corrected chi connectivity index (χ4v) is 2.98. The molecule has 0 radical (unpaired) electrons. The van der Waals surface area contributed by atoms with Crippen LogP contribution >= 0.6 is 11.6 Å². The summed E-state index contributed by atoms with van der Waals surface area (Å²) in [7, 11) is -0.338. The van der Waals surface area contributed by atoms with E-state index in [1.807, 2.05) is 0 Å². The Hall–Kier alpha value is -2.45. The molecule has 0 heterocycles. The smallest absolute Gasteiger partial charge is 0.319 e. The number of rotatable bonds is 6. The second-order valence-corrected chi connectivity index (χ2v) is 7.83. The third-order valence-electron chi connectivity index (χ3n) is 3.52. The molecule has 0 aliphatic heterocycles. The van der Waals surface area contributed by atoms with E-state index in [4.69, 9.17) is 21.1 Å². The minimum atomic E-state index is -3.40. The quantitative estimate of drug-likeness (QED) is 0.779. The van der Waals surface area contributed by atoms with Crippen LogP contribution in [0.25, 0.3) is 0 Å². The Morgan fingerprint density at radius 2 is 1.77 bits per heavy atom. The molecule has 0 aliphatic rings. The molecule has 0 saturated carbocycles. The number of hydrogen-bond donors (Lipinski definition) is 2. The molecular formula is C17H19ClN2O5S. The first-order chi connectivity index (χ1) is 12.2. The molecule has 0 unspecified atom stereocenters. The zero-order valence-electron chi connectivity index (χ0n) is 14.5. The van der Waals surface area contributed by atoms with E-state index in [0.29, 0.717) is 11.5 Å². The molecule has 0 spiro atoms. The summed E-state index contributed by atoms with van der Waals surface area (Å²) in [5.41, 5.74) is 1.01. The number of urea groups is 1. The summed E-state index contributed by atoms with van der Waals surface area (Å²) in [5.74, 6) is 1.14. The van der Waals surface area contributed by atoms with Crippen molar-refractivity contribution in [3.63, 3.8) is 0 Å². The Kier molecular flexibility index (Phi) is 6.33. The predicted octanol–water partition coefficient (Wildman–Crippen LogP) is 3.08. The van der Waals surface area contributed by atoms with Crippen LogP contribution in [0.3, 0.4) is 0 Å². The van der Waals surface area contributed by atoms with E-state index >= 15 is 0 Å². The lowest BCUT2D eigenvalue weighted by molar-refractivity contribution is 0.251. The van der Waals surface area contributed by atoms with Crippen molar-refractivity contribution in [1.82, 2.24) is 5.32 Å². The number of anilines is 1. The van der Waals surface area contributed by atoms with Gasteiger partial charge in [0.1, 0.15) is 0 Å². The zero-order chi connectivity index (χ0) is 19.3. The predicted molar refractivity (Wildman–Crippen MR) is 100.0 cm³/mol. The first kappa shape index (κ1) is 19.9. The lowest BCUT2D eigenvalue weighted by Crippen LogP contribution is -2.28. The SMILES string of the molecule is COc1ccc(CNC(=O)Nc2cc(S(C)(=O)=O)ccc2Cl)cc1OC. The Morgan fingerprint density at radius 3 is 2.38 bits per heavy atom. The molecule has 2 aromatic carbocycles. The van der Waals surface area contributed by atoms with Crippen LogP contribution in [-0.4, -0.2) is 34.9 Å². The maximum Gasteiger partial charge on any atom is 0.319 e. The molecule has 0 bridgehead atoms. The molecule has 9 heteroatoms. The highest BCUT2D eigenvalue weighted by Gasteiger charge is 2.12. The highest BCUT2D eigenvalue weighted by Crippen LogP contribution is 2.28. The number of halogens is 1.